The normalized spacial score (nSPS) is 11.2. The fourth-order valence-electron chi connectivity index (χ4n) is 3.06. The second-order valence-electron chi connectivity index (χ2n) is 5.72. The molecular formula is C20H13Cl2NO. The van der Waals surface area contributed by atoms with Crippen molar-refractivity contribution in [3.05, 3.63) is 92.6 Å². The van der Waals surface area contributed by atoms with E-state index in [0.717, 1.165) is 16.6 Å². The maximum Gasteiger partial charge on any atom is 0.197 e. The Labute approximate surface area is 148 Å². The van der Waals surface area contributed by atoms with Crippen LogP contribution in [0.3, 0.4) is 0 Å². The van der Waals surface area contributed by atoms with Crippen LogP contribution in [0.25, 0.3) is 21.8 Å². The highest BCUT2D eigenvalue weighted by Gasteiger charge is 2.12. The molecule has 1 aromatic heterocycles. The molecule has 118 valence electrons. The lowest BCUT2D eigenvalue weighted by molar-refractivity contribution is 0.862. The van der Waals surface area contributed by atoms with Gasteiger partial charge in [-0.15, -0.1) is 0 Å². The summed E-state index contributed by atoms with van der Waals surface area (Å²) in [5.74, 6) is 0. The summed E-state index contributed by atoms with van der Waals surface area (Å²) in [6.07, 6.45) is 0. The van der Waals surface area contributed by atoms with Crippen molar-refractivity contribution in [3.8, 4) is 0 Å². The van der Waals surface area contributed by atoms with Crippen molar-refractivity contribution in [2.75, 3.05) is 0 Å². The summed E-state index contributed by atoms with van der Waals surface area (Å²) >= 11 is 12.2. The standard InChI is InChI=1S/C20H13Cl2NO/c21-14-6-8-18-16(10-14)20(24)17-11-15(22)7-9-19(17)23(18)12-13-4-2-1-3-5-13/h1-11H,12H2. The SMILES string of the molecule is O=c1c2cc(Cl)ccc2n(Cc2ccccc2)c2ccc(Cl)cc12. The Morgan fingerprint density at radius 2 is 1.29 bits per heavy atom. The van der Waals surface area contributed by atoms with Gasteiger partial charge in [-0.2, -0.15) is 0 Å². The van der Waals surface area contributed by atoms with Crippen molar-refractivity contribution in [2.45, 2.75) is 6.54 Å². The maximum absolute atomic E-state index is 12.9. The summed E-state index contributed by atoms with van der Waals surface area (Å²) in [5, 5.41) is 2.31. The van der Waals surface area contributed by atoms with Crippen LogP contribution in [0, 0.1) is 0 Å². The monoisotopic (exact) mass is 353 g/mol. The van der Waals surface area contributed by atoms with Gasteiger partial charge in [-0.3, -0.25) is 4.79 Å². The molecule has 0 saturated carbocycles. The molecule has 0 aliphatic carbocycles. The molecule has 3 aromatic carbocycles. The van der Waals surface area contributed by atoms with Gasteiger partial charge in [-0.25, -0.2) is 0 Å². The minimum Gasteiger partial charge on any atom is -0.336 e. The molecule has 0 saturated heterocycles. The van der Waals surface area contributed by atoms with Crippen LogP contribution in [-0.4, -0.2) is 4.57 Å². The fourth-order valence-corrected chi connectivity index (χ4v) is 3.41. The fraction of sp³-hybridized carbons (Fsp3) is 0.0500. The number of benzene rings is 3. The summed E-state index contributed by atoms with van der Waals surface area (Å²) < 4.78 is 2.13. The molecule has 2 nitrogen and oxygen atoms in total. The average Bonchev–Trinajstić information content (AvgIpc) is 2.59. The first-order chi connectivity index (χ1) is 11.6. The number of pyridine rings is 1. The predicted molar refractivity (Wildman–Crippen MR) is 101 cm³/mol. The van der Waals surface area contributed by atoms with Gasteiger partial charge in [0.05, 0.1) is 11.0 Å². The first-order valence-electron chi connectivity index (χ1n) is 7.59. The molecule has 0 N–H and O–H groups in total. The topological polar surface area (TPSA) is 22.0 Å². The van der Waals surface area contributed by atoms with Crippen molar-refractivity contribution in [1.29, 1.82) is 0 Å². The lowest BCUT2D eigenvalue weighted by Crippen LogP contribution is -2.12. The number of hydrogen-bond acceptors (Lipinski definition) is 1. The van der Waals surface area contributed by atoms with Crippen LogP contribution in [0.5, 0.6) is 0 Å². The van der Waals surface area contributed by atoms with E-state index in [2.05, 4.69) is 16.7 Å². The van der Waals surface area contributed by atoms with E-state index in [4.69, 9.17) is 23.2 Å². The van der Waals surface area contributed by atoms with Gasteiger partial charge in [0.25, 0.3) is 0 Å². The molecule has 4 aromatic rings. The largest absolute Gasteiger partial charge is 0.336 e. The molecule has 1 heterocycles. The van der Waals surface area contributed by atoms with Crippen LogP contribution in [0.4, 0.5) is 0 Å². The van der Waals surface area contributed by atoms with Gasteiger partial charge in [-0.05, 0) is 42.0 Å². The smallest absolute Gasteiger partial charge is 0.197 e. The molecule has 0 aliphatic heterocycles. The summed E-state index contributed by atoms with van der Waals surface area (Å²) in [4.78, 5) is 12.9. The molecule has 4 rings (SSSR count). The number of nitrogens with zero attached hydrogens (tertiary/aromatic N) is 1. The van der Waals surface area contributed by atoms with Crippen LogP contribution in [-0.2, 0) is 6.54 Å². The highest BCUT2D eigenvalue weighted by Crippen LogP contribution is 2.25. The Morgan fingerprint density at radius 1 is 0.750 bits per heavy atom. The Hall–Kier alpha value is -2.29. The molecule has 4 heteroatoms. The summed E-state index contributed by atoms with van der Waals surface area (Å²) in [5.41, 5.74) is 2.84. The molecule has 0 bridgehead atoms. The zero-order chi connectivity index (χ0) is 16.7. The molecule has 0 radical (unpaired) electrons. The van der Waals surface area contributed by atoms with Crippen molar-refractivity contribution in [3.63, 3.8) is 0 Å². The molecule has 0 amide bonds. The minimum absolute atomic E-state index is 0.0469. The van der Waals surface area contributed by atoms with E-state index in [-0.39, 0.29) is 5.43 Å². The zero-order valence-electron chi connectivity index (χ0n) is 12.7. The third-order valence-corrected chi connectivity index (χ3v) is 4.64. The van der Waals surface area contributed by atoms with E-state index in [9.17, 15) is 4.79 Å². The number of hydrogen-bond donors (Lipinski definition) is 0. The van der Waals surface area contributed by atoms with Gasteiger partial charge in [0, 0.05) is 27.4 Å². The first-order valence-corrected chi connectivity index (χ1v) is 8.34. The van der Waals surface area contributed by atoms with E-state index in [1.165, 1.54) is 0 Å². The third-order valence-electron chi connectivity index (χ3n) is 4.17. The molecule has 0 fully saturated rings. The first kappa shape index (κ1) is 15.3. The molecule has 0 unspecified atom stereocenters. The van der Waals surface area contributed by atoms with Gasteiger partial charge in [0.1, 0.15) is 0 Å². The van der Waals surface area contributed by atoms with Gasteiger partial charge in [-0.1, -0.05) is 53.5 Å². The molecule has 0 atom stereocenters. The second kappa shape index (κ2) is 5.97. The van der Waals surface area contributed by atoms with Crippen LogP contribution in [0.1, 0.15) is 5.56 Å². The van der Waals surface area contributed by atoms with E-state index in [0.29, 0.717) is 27.4 Å². The highest BCUT2D eigenvalue weighted by atomic mass is 35.5. The van der Waals surface area contributed by atoms with Crippen molar-refractivity contribution in [2.24, 2.45) is 0 Å². The van der Waals surface area contributed by atoms with E-state index in [1.807, 2.05) is 42.5 Å². The highest BCUT2D eigenvalue weighted by molar-refractivity contribution is 6.32. The quantitative estimate of drug-likeness (QED) is 0.435. The lowest BCUT2D eigenvalue weighted by Gasteiger charge is -2.16. The van der Waals surface area contributed by atoms with Crippen molar-refractivity contribution < 1.29 is 0 Å². The van der Waals surface area contributed by atoms with Gasteiger partial charge in [0.2, 0.25) is 0 Å². The number of fused-ring (bicyclic) bond motifs is 2. The maximum atomic E-state index is 12.9. The van der Waals surface area contributed by atoms with Crippen LogP contribution in [0.2, 0.25) is 10.0 Å². The Kier molecular flexibility index (Phi) is 3.79. The molecule has 0 aliphatic rings. The van der Waals surface area contributed by atoms with Gasteiger partial charge < -0.3 is 4.57 Å². The molecular weight excluding hydrogens is 341 g/mol. The summed E-state index contributed by atoms with van der Waals surface area (Å²) in [6, 6.07) is 21.0. The Bertz CT molecular complexity index is 1050. The number of aromatic nitrogens is 1. The lowest BCUT2D eigenvalue weighted by atomic mass is 10.1. The molecule has 24 heavy (non-hydrogen) atoms. The second-order valence-corrected chi connectivity index (χ2v) is 6.60. The average molecular weight is 354 g/mol. The van der Waals surface area contributed by atoms with Crippen molar-refractivity contribution in [1.82, 2.24) is 4.57 Å². The predicted octanol–water partition coefficient (Wildman–Crippen LogP) is 5.51. The van der Waals surface area contributed by atoms with E-state index >= 15 is 0 Å². The third kappa shape index (κ3) is 2.58. The summed E-state index contributed by atoms with van der Waals surface area (Å²) in [7, 11) is 0. The van der Waals surface area contributed by atoms with Crippen LogP contribution < -0.4 is 5.43 Å². The Balaban J connectivity index is 2.11. The van der Waals surface area contributed by atoms with E-state index in [1.54, 1.807) is 12.1 Å². The Morgan fingerprint density at radius 3 is 1.83 bits per heavy atom. The van der Waals surface area contributed by atoms with Crippen LogP contribution >= 0.6 is 23.2 Å². The van der Waals surface area contributed by atoms with Gasteiger partial charge in [0.15, 0.2) is 5.43 Å². The number of halogens is 2. The number of rotatable bonds is 2. The van der Waals surface area contributed by atoms with Crippen molar-refractivity contribution >= 4 is 45.0 Å². The molecule has 0 spiro atoms. The minimum atomic E-state index is -0.0469. The summed E-state index contributed by atoms with van der Waals surface area (Å²) in [6.45, 7) is 0.664. The van der Waals surface area contributed by atoms with Crippen LogP contribution in [0.15, 0.2) is 71.5 Å². The zero-order valence-corrected chi connectivity index (χ0v) is 14.2. The van der Waals surface area contributed by atoms with E-state index < -0.39 is 0 Å². The van der Waals surface area contributed by atoms with Gasteiger partial charge >= 0.3 is 0 Å².